The Kier molecular flexibility index (Phi) is 6.09. The van der Waals surface area contributed by atoms with E-state index >= 15 is 0 Å². The predicted octanol–water partition coefficient (Wildman–Crippen LogP) is 3.35. The Hall–Kier alpha value is -2.73. The van der Waals surface area contributed by atoms with Gasteiger partial charge < -0.3 is 14.4 Å². The molecule has 1 aliphatic heterocycles. The molecule has 3 rings (SSSR count). The first kappa shape index (κ1) is 20.0. The number of ketones is 1. The summed E-state index contributed by atoms with van der Waals surface area (Å²) in [4.78, 5) is 31.0. The van der Waals surface area contributed by atoms with Gasteiger partial charge in [-0.3, -0.25) is 4.79 Å². The van der Waals surface area contributed by atoms with Gasteiger partial charge in [-0.05, 0) is 57.0 Å². The molecule has 0 radical (unpaired) electrons. The van der Waals surface area contributed by atoms with E-state index in [-0.39, 0.29) is 30.3 Å². The lowest BCUT2D eigenvalue weighted by Crippen LogP contribution is -2.45. The zero-order valence-corrected chi connectivity index (χ0v) is 16.8. The molecule has 0 saturated carbocycles. The lowest BCUT2D eigenvalue weighted by Gasteiger charge is -2.36. The van der Waals surface area contributed by atoms with Crippen molar-refractivity contribution in [2.24, 2.45) is 0 Å². The van der Waals surface area contributed by atoms with Gasteiger partial charge >= 0.3 is 5.97 Å². The van der Waals surface area contributed by atoms with Gasteiger partial charge in [0.05, 0.1) is 12.2 Å². The van der Waals surface area contributed by atoms with E-state index in [4.69, 9.17) is 9.47 Å². The van der Waals surface area contributed by atoms with Crippen molar-refractivity contribution in [2.75, 3.05) is 24.6 Å². The molecule has 1 fully saturated rings. The van der Waals surface area contributed by atoms with Crippen molar-refractivity contribution in [1.29, 1.82) is 0 Å². The molecule has 0 spiro atoms. The highest BCUT2D eigenvalue weighted by Crippen LogP contribution is 2.21. The Labute approximate surface area is 165 Å². The topological polar surface area (TPSA) is 68.7 Å². The number of aromatic nitrogens is 1. The summed E-state index contributed by atoms with van der Waals surface area (Å²) in [5.41, 5.74) is 3.76. The number of morpholine rings is 1. The van der Waals surface area contributed by atoms with Crippen LogP contribution in [-0.4, -0.2) is 48.6 Å². The molecule has 0 bridgehead atoms. The summed E-state index contributed by atoms with van der Waals surface area (Å²) in [5.74, 6) is -0.836. The van der Waals surface area contributed by atoms with Gasteiger partial charge in [0, 0.05) is 30.5 Å². The molecular weight excluding hydrogens is 356 g/mol. The number of nitrogens with zero attached hydrogens (tertiary/aromatic N) is 2. The number of hydrogen-bond donors (Lipinski definition) is 0. The average Bonchev–Trinajstić information content (AvgIpc) is 2.67. The van der Waals surface area contributed by atoms with Crippen LogP contribution in [0.5, 0.6) is 0 Å². The Morgan fingerprint density at radius 1 is 1.11 bits per heavy atom. The van der Waals surface area contributed by atoms with Crippen LogP contribution in [0.4, 0.5) is 5.69 Å². The third-order valence-electron chi connectivity index (χ3n) is 4.90. The molecule has 2 heterocycles. The Balaban J connectivity index is 1.64. The maximum absolute atomic E-state index is 12.4. The Bertz CT molecular complexity index is 871. The molecule has 2 aromatic rings. The zero-order valence-electron chi connectivity index (χ0n) is 16.8. The molecule has 2 unspecified atom stereocenters. The number of Topliss-reactive ketones (excluding diaryl/α,β-unsaturated/α-hetero) is 1. The Morgan fingerprint density at radius 2 is 1.82 bits per heavy atom. The number of hydrogen-bond acceptors (Lipinski definition) is 6. The fourth-order valence-corrected chi connectivity index (χ4v) is 3.32. The Morgan fingerprint density at radius 3 is 2.50 bits per heavy atom. The molecule has 28 heavy (non-hydrogen) atoms. The third kappa shape index (κ3) is 4.75. The van der Waals surface area contributed by atoms with E-state index in [0.29, 0.717) is 5.56 Å². The van der Waals surface area contributed by atoms with E-state index in [2.05, 4.69) is 9.88 Å². The summed E-state index contributed by atoms with van der Waals surface area (Å²) in [6, 6.07) is 9.01. The van der Waals surface area contributed by atoms with Gasteiger partial charge in [-0.15, -0.1) is 0 Å². The molecule has 1 aromatic heterocycles. The predicted molar refractivity (Wildman–Crippen MR) is 107 cm³/mol. The summed E-state index contributed by atoms with van der Waals surface area (Å²) in [6.07, 6.45) is 1.81. The molecule has 2 atom stereocenters. The van der Waals surface area contributed by atoms with Crippen molar-refractivity contribution in [3.8, 4) is 0 Å². The fourth-order valence-electron chi connectivity index (χ4n) is 3.32. The van der Waals surface area contributed by atoms with Gasteiger partial charge in [0.25, 0.3) is 0 Å². The van der Waals surface area contributed by atoms with E-state index in [9.17, 15) is 9.59 Å². The number of carbonyl (C=O) groups is 2. The van der Waals surface area contributed by atoms with Gasteiger partial charge in [0.15, 0.2) is 12.4 Å². The molecule has 1 aliphatic rings. The molecule has 6 heteroatoms. The minimum atomic E-state index is -0.603. The third-order valence-corrected chi connectivity index (χ3v) is 4.90. The van der Waals surface area contributed by atoms with Gasteiger partial charge in [0.2, 0.25) is 0 Å². The summed E-state index contributed by atoms with van der Waals surface area (Å²) < 4.78 is 11.0. The first-order valence-corrected chi connectivity index (χ1v) is 9.47. The second-order valence-electron chi connectivity index (χ2n) is 7.36. The number of esters is 1. The lowest BCUT2D eigenvalue weighted by molar-refractivity contribution is -0.00522. The second-order valence-corrected chi connectivity index (χ2v) is 7.36. The summed E-state index contributed by atoms with van der Waals surface area (Å²) in [6.45, 7) is 9.16. The monoisotopic (exact) mass is 382 g/mol. The number of aryl methyl sites for hydroxylation is 2. The SMILES string of the molecule is Cc1ccc(C(=O)COC(=O)c2cc(N3CC(C)OC(C)C3)ccn2)cc1C. The number of ether oxygens (including phenoxy) is 2. The molecular formula is C22H26N2O4. The van der Waals surface area contributed by atoms with Crippen molar-refractivity contribution in [3.63, 3.8) is 0 Å². The molecule has 1 aromatic carbocycles. The highest BCUT2D eigenvalue weighted by atomic mass is 16.5. The van der Waals surface area contributed by atoms with Crippen LogP contribution in [0, 0.1) is 13.8 Å². The zero-order chi connectivity index (χ0) is 20.3. The fraction of sp³-hybridized carbons (Fsp3) is 0.409. The summed E-state index contributed by atoms with van der Waals surface area (Å²) >= 11 is 0. The maximum Gasteiger partial charge on any atom is 0.357 e. The standard InChI is InChI=1S/C22H26N2O4/c1-14-5-6-18(9-15(14)2)21(25)13-27-22(26)20-10-19(7-8-23-20)24-11-16(3)28-17(4)12-24/h5-10,16-17H,11-13H2,1-4H3. The van der Waals surface area contributed by atoms with Crippen LogP contribution >= 0.6 is 0 Å². The highest BCUT2D eigenvalue weighted by Gasteiger charge is 2.23. The van der Waals surface area contributed by atoms with E-state index in [1.165, 1.54) is 0 Å². The van der Waals surface area contributed by atoms with Crippen LogP contribution in [0.15, 0.2) is 36.5 Å². The molecule has 0 amide bonds. The van der Waals surface area contributed by atoms with Gasteiger partial charge in [-0.2, -0.15) is 0 Å². The van der Waals surface area contributed by atoms with Crippen molar-refractivity contribution in [2.45, 2.75) is 39.9 Å². The number of rotatable bonds is 5. The van der Waals surface area contributed by atoms with E-state index in [1.54, 1.807) is 18.3 Å². The molecule has 0 N–H and O–H groups in total. The van der Waals surface area contributed by atoms with Crippen molar-refractivity contribution in [3.05, 3.63) is 58.9 Å². The van der Waals surface area contributed by atoms with Crippen LogP contribution in [-0.2, 0) is 9.47 Å². The van der Waals surface area contributed by atoms with Crippen LogP contribution in [0.2, 0.25) is 0 Å². The first-order valence-electron chi connectivity index (χ1n) is 9.47. The summed E-state index contributed by atoms with van der Waals surface area (Å²) in [7, 11) is 0. The summed E-state index contributed by atoms with van der Waals surface area (Å²) in [5, 5.41) is 0. The number of pyridine rings is 1. The first-order chi connectivity index (χ1) is 13.3. The van der Waals surface area contributed by atoms with Crippen LogP contribution in [0.25, 0.3) is 0 Å². The van der Waals surface area contributed by atoms with Gasteiger partial charge in [0.1, 0.15) is 5.69 Å². The number of benzene rings is 1. The highest BCUT2D eigenvalue weighted by molar-refractivity contribution is 5.99. The minimum Gasteiger partial charge on any atom is -0.453 e. The molecule has 6 nitrogen and oxygen atoms in total. The number of anilines is 1. The molecule has 1 saturated heterocycles. The van der Waals surface area contributed by atoms with Crippen molar-refractivity contribution >= 4 is 17.4 Å². The quantitative estimate of drug-likeness (QED) is 0.583. The van der Waals surface area contributed by atoms with Gasteiger partial charge in [-0.25, -0.2) is 9.78 Å². The van der Waals surface area contributed by atoms with Crippen LogP contribution in [0.3, 0.4) is 0 Å². The normalized spacial score (nSPS) is 19.4. The van der Waals surface area contributed by atoms with Gasteiger partial charge in [-0.1, -0.05) is 12.1 Å². The largest absolute Gasteiger partial charge is 0.453 e. The number of carbonyl (C=O) groups excluding carboxylic acids is 2. The second kappa shape index (κ2) is 8.52. The van der Waals surface area contributed by atoms with Crippen molar-refractivity contribution < 1.29 is 19.1 Å². The van der Waals surface area contributed by atoms with Crippen LogP contribution in [0.1, 0.15) is 45.8 Å². The lowest BCUT2D eigenvalue weighted by atomic mass is 10.0. The average molecular weight is 382 g/mol. The smallest absolute Gasteiger partial charge is 0.357 e. The van der Waals surface area contributed by atoms with E-state index < -0.39 is 5.97 Å². The van der Waals surface area contributed by atoms with E-state index in [1.807, 2.05) is 45.9 Å². The van der Waals surface area contributed by atoms with Crippen LogP contribution < -0.4 is 4.90 Å². The molecule has 0 aliphatic carbocycles. The minimum absolute atomic E-state index is 0.114. The maximum atomic E-state index is 12.4. The van der Waals surface area contributed by atoms with E-state index in [0.717, 1.165) is 29.9 Å². The van der Waals surface area contributed by atoms with Crippen molar-refractivity contribution in [1.82, 2.24) is 4.98 Å². The molecule has 148 valence electrons.